The normalized spacial score (nSPS) is 35.2. The van der Waals surface area contributed by atoms with Crippen LogP contribution in [0.3, 0.4) is 0 Å². The molecule has 0 bridgehead atoms. The summed E-state index contributed by atoms with van der Waals surface area (Å²) in [5.74, 6) is -1.07. The number of carbonyl (C=O) groups is 1. The number of hydrogen-bond donors (Lipinski definition) is 2. The molecule has 0 aromatic heterocycles. The SMILES string of the molecule is CC1(C)O[C@H]2[C@H](O[Si](C)(C)C(C)(C)C)[C@H](CO)NC(=O)[C@H]2O1. The van der Waals surface area contributed by atoms with Crippen molar-refractivity contribution in [2.45, 2.75) is 82.9 Å². The van der Waals surface area contributed by atoms with Gasteiger partial charge in [0.25, 0.3) is 5.91 Å². The minimum absolute atomic E-state index is 0.0267. The van der Waals surface area contributed by atoms with Gasteiger partial charge >= 0.3 is 0 Å². The lowest BCUT2D eigenvalue weighted by Gasteiger charge is -2.45. The summed E-state index contributed by atoms with van der Waals surface area (Å²) in [7, 11) is -2.08. The van der Waals surface area contributed by atoms with Gasteiger partial charge in [-0.15, -0.1) is 0 Å². The van der Waals surface area contributed by atoms with Crippen LogP contribution in [-0.2, 0) is 18.7 Å². The predicted octanol–water partition coefficient (Wildman–Crippen LogP) is 1.39. The Kier molecular flexibility index (Phi) is 4.52. The van der Waals surface area contributed by atoms with Crippen LogP contribution in [-0.4, -0.2) is 56.1 Å². The van der Waals surface area contributed by atoms with Gasteiger partial charge in [0.1, 0.15) is 6.10 Å². The molecule has 2 saturated heterocycles. The van der Waals surface area contributed by atoms with Crippen molar-refractivity contribution in [3.05, 3.63) is 0 Å². The van der Waals surface area contributed by atoms with Crippen molar-refractivity contribution in [1.82, 2.24) is 5.32 Å². The highest BCUT2D eigenvalue weighted by atomic mass is 28.4. The quantitative estimate of drug-likeness (QED) is 0.764. The number of fused-ring (bicyclic) bond motifs is 1. The van der Waals surface area contributed by atoms with Gasteiger partial charge in [-0.1, -0.05) is 20.8 Å². The number of hydrogen-bond acceptors (Lipinski definition) is 5. The Bertz CT molecular complexity index is 446. The topological polar surface area (TPSA) is 77.0 Å². The molecule has 0 unspecified atom stereocenters. The standard InChI is InChI=1S/C15H29NO5Si/c1-14(2,3)22(6,7)21-10-9(8-17)16-13(18)12-11(10)19-15(4,5)20-12/h9-12,17H,8H2,1-7H3,(H,16,18)/t9-,10+,11-,12-/m0/s1. The van der Waals surface area contributed by atoms with Crippen molar-refractivity contribution in [1.29, 1.82) is 0 Å². The van der Waals surface area contributed by atoms with Gasteiger partial charge in [-0.3, -0.25) is 4.79 Å². The molecule has 2 aliphatic heterocycles. The molecule has 1 amide bonds. The van der Waals surface area contributed by atoms with E-state index in [1.165, 1.54) is 0 Å². The molecule has 4 atom stereocenters. The van der Waals surface area contributed by atoms with Crippen LogP contribution in [0.15, 0.2) is 0 Å². The summed E-state index contributed by atoms with van der Waals surface area (Å²) in [4.78, 5) is 12.2. The molecule has 2 N–H and O–H groups in total. The number of ether oxygens (including phenoxy) is 2. The van der Waals surface area contributed by atoms with Gasteiger partial charge in [0.15, 0.2) is 20.2 Å². The lowest BCUT2D eigenvalue weighted by atomic mass is 9.96. The van der Waals surface area contributed by atoms with Gasteiger partial charge in [-0.25, -0.2) is 0 Å². The van der Waals surface area contributed by atoms with Crippen molar-refractivity contribution in [3.63, 3.8) is 0 Å². The fraction of sp³-hybridized carbons (Fsp3) is 0.933. The van der Waals surface area contributed by atoms with Crippen LogP contribution in [0.1, 0.15) is 34.6 Å². The molecule has 0 aromatic carbocycles. The number of carbonyl (C=O) groups excluding carboxylic acids is 1. The van der Waals surface area contributed by atoms with E-state index in [4.69, 9.17) is 13.9 Å². The van der Waals surface area contributed by atoms with E-state index >= 15 is 0 Å². The predicted molar refractivity (Wildman–Crippen MR) is 84.9 cm³/mol. The Morgan fingerprint density at radius 1 is 1.32 bits per heavy atom. The summed E-state index contributed by atoms with van der Waals surface area (Å²) in [5, 5.41) is 12.5. The third-order valence-corrected chi connectivity index (χ3v) is 9.34. The summed E-state index contributed by atoms with van der Waals surface area (Å²) in [5.41, 5.74) is 0. The molecule has 22 heavy (non-hydrogen) atoms. The van der Waals surface area contributed by atoms with E-state index in [0.29, 0.717) is 0 Å². The zero-order valence-electron chi connectivity index (χ0n) is 14.6. The lowest BCUT2D eigenvalue weighted by Crippen LogP contribution is -2.66. The molecule has 2 rings (SSSR count). The van der Waals surface area contributed by atoms with Crippen molar-refractivity contribution >= 4 is 14.2 Å². The van der Waals surface area contributed by atoms with Gasteiger partial charge in [-0.2, -0.15) is 0 Å². The van der Waals surface area contributed by atoms with E-state index in [-0.39, 0.29) is 17.6 Å². The second-order valence-corrected chi connectivity index (χ2v) is 12.9. The van der Waals surface area contributed by atoms with Crippen LogP contribution in [0, 0.1) is 0 Å². The molecule has 2 fully saturated rings. The molecule has 0 aliphatic carbocycles. The third kappa shape index (κ3) is 3.23. The van der Waals surface area contributed by atoms with Gasteiger partial charge in [0.05, 0.1) is 18.8 Å². The summed E-state index contributed by atoms with van der Waals surface area (Å²) >= 11 is 0. The zero-order chi connectivity index (χ0) is 16.9. The van der Waals surface area contributed by atoms with E-state index in [0.717, 1.165) is 0 Å². The summed E-state index contributed by atoms with van der Waals surface area (Å²) in [6, 6.07) is -0.472. The minimum atomic E-state index is -2.08. The largest absolute Gasteiger partial charge is 0.409 e. The Morgan fingerprint density at radius 2 is 1.91 bits per heavy atom. The first kappa shape index (κ1) is 17.9. The molecule has 2 aliphatic rings. The van der Waals surface area contributed by atoms with Crippen LogP contribution < -0.4 is 5.32 Å². The highest BCUT2D eigenvalue weighted by Crippen LogP contribution is 2.41. The number of aliphatic hydroxyl groups excluding tert-OH is 1. The van der Waals surface area contributed by atoms with Crippen molar-refractivity contribution in [2.75, 3.05) is 6.61 Å². The first-order valence-corrected chi connectivity index (χ1v) is 10.7. The highest BCUT2D eigenvalue weighted by molar-refractivity contribution is 6.74. The van der Waals surface area contributed by atoms with Crippen LogP contribution in [0.4, 0.5) is 0 Å². The Morgan fingerprint density at radius 3 is 2.41 bits per heavy atom. The third-order valence-electron chi connectivity index (χ3n) is 4.87. The molecule has 6 nitrogen and oxygen atoms in total. The van der Waals surface area contributed by atoms with Crippen molar-refractivity contribution in [3.8, 4) is 0 Å². The van der Waals surface area contributed by atoms with Crippen LogP contribution in [0.5, 0.6) is 0 Å². The lowest BCUT2D eigenvalue weighted by molar-refractivity contribution is -0.156. The molecule has 7 heteroatoms. The Hall–Kier alpha value is -0.473. The maximum atomic E-state index is 12.2. The van der Waals surface area contributed by atoms with Gasteiger partial charge in [-0.05, 0) is 32.0 Å². The maximum Gasteiger partial charge on any atom is 0.252 e. The molecule has 128 valence electrons. The average Bonchev–Trinajstić information content (AvgIpc) is 2.67. The van der Waals surface area contributed by atoms with Crippen LogP contribution in [0.25, 0.3) is 0 Å². The Labute approximate surface area is 133 Å². The maximum absolute atomic E-state index is 12.2. The summed E-state index contributed by atoms with van der Waals surface area (Å²) in [6.07, 6.45) is -1.59. The first-order valence-electron chi connectivity index (χ1n) is 7.83. The van der Waals surface area contributed by atoms with E-state index in [1.54, 1.807) is 13.8 Å². The number of nitrogens with one attached hydrogen (secondary N) is 1. The van der Waals surface area contributed by atoms with Crippen molar-refractivity contribution in [2.24, 2.45) is 0 Å². The average molecular weight is 331 g/mol. The molecule has 0 aromatic rings. The zero-order valence-corrected chi connectivity index (χ0v) is 15.6. The highest BCUT2D eigenvalue weighted by Gasteiger charge is 2.56. The van der Waals surface area contributed by atoms with Crippen molar-refractivity contribution < 1.29 is 23.8 Å². The first-order chi connectivity index (χ1) is 9.88. The van der Waals surface area contributed by atoms with E-state index in [9.17, 15) is 9.90 Å². The molecular formula is C15H29NO5Si. The van der Waals surface area contributed by atoms with E-state index < -0.39 is 38.5 Å². The fourth-order valence-electron chi connectivity index (χ4n) is 2.62. The number of piperidine rings is 1. The number of amides is 1. The monoisotopic (exact) mass is 331 g/mol. The van der Waals surface area contributed by atoms with E-state index in [2.05, 4.69) is 39.2 Å². The molecule has 2 heterocycles. The molecule has 0 saturated carbocycles. The van der Waals surface area contributed by atoms with Gasteiger partial charge in [0.2, 0.25) is 0 Å². The van der Waals surface area contributed by atoms with Crippen LogP contribution >= 0.6 is 0 Å². The molecule has 0 radical (unpaired) electrons. The van der Waals surface area contributed by atoms with E-state index in [1.807, 2.05) is 0 Å². The smallest absolute Gasteiger partial charge is 0.252 e. The summed E-state index contributed by atoms with van der Waals surface area (Å²) < 4.78 is 18.1. The number of rotatable bonds is 3. The Balaban J connectivity index is 2.28. The van der Waals surface area contributed by atoms with Crippen LogP contribution in [0.2, 0.25) is 18.1 Å². The second kappa shape index (κ2) is 5.56. The minimum Gasteiger partial charge on any atom is -0.409 e. The fourth-order valence-corrected chi connectivity index (χ4v) is 3.96. The van der Waals surface area contributed by atoms with Gasteiger partial charge < -0.3 is 24.3 Å². The second-order valence-electron chi connectivity index (χ2n) is 8.16. The number of aliphatic hydroxyl groups is 1. The van der Waals surface area contributed by atoms with Gasteiger partial charge in [0, 0.05) is 0 Å². The molecule has 0 spiro atoms. The summed E-state index contributed by atoms with van der Waals surface area (Å²) in [6.45, 7) is 14.2. The molecular weight excluding hydrogens is 302 g/mol.